The number of hydrogen-bond donors (Lipinski definition) is 1. The zero-order valence-corrected chi connectivity index (χ0v) is 11.0. The highest BCUT2D eigenvalue weighted by Crippen LogP contribution is 2.22. The van der Waals surface area contributed by atoms with Gasteiger partial charge in [-0.05, 0) is 12.1 Å². The van der Waals surface area contributed by atoms with E-state index < -0.39 is 10.0 Å². The van der Waals surface area contributed by atoms with Gasteiger partial charge in [-0.15, -0.1) is 0 Å². The highest BCUT2D eigenvalue weighted by molar-refractivity contribution is 7.90. The monoisotopic (exact) mass is 282 g/mol. The topological polar surface area (TPSA) is 77.0 Å². The Morgan fingerprint density at radius 3 is 2.95 bits per heavy atom. The first kappa shape index (κ1) is 12.6. The van der Waals surface area contributed by atoms with E-state index >= 15 is 0 Å². The maximum Gasteiger partial charge on any atom is 0.263 e. The second-order valence-electron chi connectivity index (χ2n) is 4.36. The molecule has 0 amide bonds. The van der Waals surface area contributed by atoms with E-state index in [1.807, 2.05) is 0 Å². The van der Waals surface area contributed by atoms with Crippen molar-refractivity contribution in [3.05, 3.63) is 29.8 Å². The molecule has 0 aliphatic carbocycles. The molecule has 1 unspecified atom stereocenters. The third-order valence-corrected chi connectivity index (χ3v) is 4.40. The van der Waals surface area contributed by atoms with Crippen LogP contribution in [-0.4, -0.2) is 46.7 Å². The summed E-state index contributed by atoms with van der Waals surface area (Å²) >= 11 is 0. The number of fused-ring (bicyclic) bond motifs is 1. The van der Waals surface area contributed by atoms with Gasteiger partial charge in [-0.2, -0.15) is 0 Å². The largest absolute Gasteiger partial charge is 0.376 e. The van der Waals surface area contributed by atoms with Crippen molar-refractivity contribution in [3.63, 3.8) is 0 Å². The second-order valence-corrected chi connectivity index (χ2v) is 6.01. The lowest BCUT2D eigenvalue weighted by Gasteiger charge is -2.21. The average Bonchev–Trinajstić information content (AvgIpc) is 2.70. The van der Waals surface area contributed by atoms with E-state index in [-0.39, 0.29) is 11.0 Å². The SMILES string of the molecule is O=S1(=O)NC(=NCC2COCCO2)c2ccccc21. The van der Waals surface area contributed by atoms with E-state index in [1.165, 1.54) is 0 Å². The van der Waals surface area contributed by atoms with Crippen molar-refractivity contribution in [3.8, 4) is 0 Å². The van der Waals surface area contributed by atoms with Gasteiger partial charge in [-0.25, -0.2) is 8.42 Å². The highest BCUT2D eigenvalue weighted by atomic mass is 32.2. The number of nitrogens with zero attached hydrogens (tertiary/aromatic N) is 1. The average molecular weight is 282 g/mol. The molecule has 6 nitrogen and oxygen atoms in total. The molecule has 0 radical (unpaired) electrons. The zero-order chi connectivity index (χ0) is 13.3. The van der Waals surface area contributed by atoms with Crippen LogP contribution in [0.4, 0.5) is 0 Å². The Balaban J connectivity index is 1.83. The van der Waals surface area contributed by atoms with Crippen LogP contribution < -0.4 is 4.72 Å². The maximum absolute atomic E-state index is 11.9. The molecule has 7 heteroatoms. The van der Waals surface area contributed by atoms with Crippen LogP contribution in [0.5, 0.6) is 0 Å². The van der Waals surface area contributed by atoms with Crippen molar-refractivity contribution < 1.29 is 17.9 Å². The molecule has 2 aliphatic heterocycles. The Hall–Kier alpha value is -1.44. The fraction of sp³-hybridized carbons (Fsp3) is 0.417. The lowest BCUT2D eigenvalue weighted by atomic mass is 10.2. The van der Waals surface area contributed by atoms with Crippen LogP contribution in [0.1, 0.15) is 5.56 Å². The summed E-state index contributed by atoms with van der Waals surface area (Å²) in [6, 6.07) is 6.79. The van der Waals surface area contributed by atoms with Crippen LogP contribution >= 0.6 is 0 Å². The summed E-state index contributed by atoms with van der Waals surface area (Å²) in [4.78, 5) is 4.58. The molecule has 1 aromatic carbocycles. The summed E-state index contributed by atoms with van der Waals surface area (Å²) < 4.78 is 36.9. The molecule has 1 N–H and O–H groups in total. The highest BCUT2D eigenvalue weighted by Gasteiger charge is 2.30. The molecular formula is C12H14N2O4S. The third-order valence-electron chi connectivity index (χ3n) is 3.00. The molecule has 0 spiro atoms. The fourth-order valence-electron chi connectivity index (χ4n) is 2.09. The molecule has 1 atom stereocenters. The summed E-state index contributed by atoms with van der Waals surface area (Å²) in [5.74, 6) is 0.379. The van der Waals surface area contributed by atoms with Gasteiger partial charge in [0.15, 0.2) is 0 Å². The van der Waals surface area contributed by atoms with Crippen LogP contribution in [-0.2, 0) is 19.5 Å². The van der Waals surface area contributed by atoms with Crippen LogP contribution in [0, 0.1) is 0 Å². The van der Waals surface area contributed by atoms with Gasteiger partial charge >= 0.3 is 0 Å². The maximum atomic E-state index is 11.9. The molecule has 19 heavy (non-hydrogen) atoms. The lowest BCUT2D eigenvalue weighted by molar-refractivity contribution is -0.0832. The Morgan fingerprint density at radius 2 is 2.16 bits per heavy atom. The number of ether oxygens (including phenoxy) is 2. The zero-order valence-electron chi connectivity index (χ0n) is 10.2. The van der Waals surface area contributed by atoms with Crippen molar-refractivity contribution in [2.24, 2.45) is 4.99 Å². The molecule has 3 rings (SSSR count). The first-order valence-corrected chi connectivity index (χ1v) is 7.51. The molecule has 2 aliphatic rings. The minimum absolute atomic E-state index is 0.112. The van der Waals surface area contributed by atoms with E-state index in [1.54, 1.807) is 24.3 Å². The van der Waals surface area contributed by atoms with Crippen molar-refractivity contribution in [2.45, 2.75) is 11.0 Å². The van der Waals surface area contributed by atoms with E-state index in [0.717, 1.165) is 0 Å². The summed E-state index contributed by atoms with van der Waals surface area (Å²) in [5, 5.41) is 0. The number of benzene rings is 1. The van der Waals surface area contributed by atoms with Crippen molar-refractivity contribution in [1.82, 2.24) is 4.72 Å². The number of rotatable bonds is 2. The fourth-order valence-corrected chi connectivity index (χ4v) is 3.34. The van der Waals surface area contributed by atoms with Crippen molar-refractivity contribution in [1.29, 1.82) is 0 Å². The number of sulfonamides is 1. The van der Waals surface area contributed by atoms with Crippen LogP contribution in [0.15, 0.2) is 34.2 Å². The summed E-state index contributed by atoms with van der Waals surface area (Å²) in [6.07, 6.45) is -0.112. The number of hydrogen-bond acceptors (Lipinski definition) is 5. The third kappa shape index (κ3) is 2.49. The van der Waals surface area contributed by atoms with E-state index in [2.05, 4.69) is 9.71 Å². The molecule has 102 valence electrons. The van der Waals surface area contributed by atoms with Crippen LogP contribution in [0.25, 0.3) is 0 Å². The number of nitrogens with one attached hydrogen (secondary N) is 1. The molecular weight excluding hydrogens is 268 g/mol. The molecule has 2 heterocycles. The first-order chi connectivity index (χ1) is 9.17. The predicted octanol–water partition coefficient (Wildman–Crippen LogP) is 0.141. The molecule has 0 saturated carbocycles. The quantitative estimate of drug-likeness (QED) is 0.837. The van der Waals surface area contributed by atoms with Crippen molar-refractivity contribution >= 4 is 15.9 Å². The summed E-state index contributed by atoms with van der Waals surface area (Å²) in [5.41, 5.74) is 0.610. The number of amidine groups is 1. The van der Waals surface area contributed by atoms with Crippen molar-refractivity contribution in [2.75, 3.05) is 26.4 Å². The normalized spacial score (nSPS) is 26.9. The van der Waals surface area contributed by atoms with Gasteiger partial charge in [0, 0.05) is 5.56 Å². The lowest BCUT2D eigenvalue weighted by Crippen LogP contribution is -2.32. The Kier molecular flexibility index (Phi) is 3.26. The smallest absolute Gasteiger partial charge is 0.263 e. The molecule has 1 aromatic rings. The predicted molar refractivity (Wildman–Crippen MR) is 68.7 cm³/mol. The number of aliphatic imine (C=N–C) groups is 1. The van der Waals surface area contributed by atoms with Crippen LogP contribution in [0.3, 0.4) is 0 Å². The molecule has 0 bridgehead atoms. The minimum Gasteiger partial charge on any atom is -0.376 e. The Bertz CT molecular complexity index is 606. The van der Waals surface area contributed by atoms with Gasteiger partial charge in [0.05, 0.1) is 31.3 Å². The summed E-state index contributed by atoms with van der Waals surface area (Å²) in [7, 11) is -3.46. The van der Waals surface area contributed by atoms with E-state index in [0.29, 0.717) is 37.8 Å². The molecule has 1 fully saturated rings. The van der Waals surface area contributed by atoms with Gasteiger partial charge in [0.1, 0.15) is 11.9 Å². The second kappa shape index (κ2) is 4.92. The van der Waals surface area contributed by atoms with E-state index in [9.17, 15) is 8.42 Å². The van der Waals surface area contributed by atoms with Gasteiger partial charge < -0.3 is 9.47 Å². The standard InChI is InChI=1S/C12H14N2O4S/c15-19(16)11-4-2-1-3-10(11)12(14-19)13-7-9-8-17-5-6-18-9/h1-4,9H,5-8H2,(H,13,14). The van der Waals surface area contributed by atoms with Gasteiger partial charge in [0.25, 0.3) is 10.0 Å². The van der Waals surface area contributed by atoms with Gasteiger partial charge in [-0.1, -0.05) is 12.1 Å². The molecule has 1 saturated heterocycles. The Morgan fingerprint density at radius 1 is 1.32 bits per heavy atom. The Labute approximate surface area is 111 Å². The van der Waals surface area contributed by atoms with Crippen LogP contribution in [0.2, 0.25) is 0 Å². The van der Waals surface area contributed by atoms with Gasteiger partial charge in [0.2, 0.25) is 0 Å². The minimum atomic E-state index is -3.46. The van der Waals surface area contributed by atoms with E-state index in [4.69, 9.17) is 9.47 Å². The van der Waals surface area contributed by atoms with Gasteiger partial charge in [-0.3, -0.25) is 9.71 Å². The molecule has 0 aromatic heterocycles. The first-order valence-electron chi connectivity index (χ1n) is 6.03. The summed E-state index contributed by atoms with van der Waals surface area (Å²) in [6.45, 7) is 2.03.